The Bertz CT molecular complexity index is 327. The SMILES string of the molecule is CCC1(CNC(=O)NC(CCOC)C(=O)O)CCCC1. The van der Waals surface area contributed by atoms with Crippen molar-refractivity contribution < 1.29 is 19.4 Å². The van der Waals surface area contributed by atoms with Crippen molar-refractivity contribution >= 4 is 12.0 Å². The van der Waals surface area contributed by atoms with Crippen molar-refractivity contribution in [2.45, 2.75) is 51.5 Å². The zero-order valence-corrected chi connectivity index (χ0v) is 12.4. The van der Waals surface area contributed by atoms with Crippen LogP contribution in [0.25, 0.3) is 0 Å². The third kappa shape index (κ3) is 5.00. The summed E-state index contributed by atoms with van der Waals surface area (Å²) in [5.74, 6) is -1.04. The number of amides is 2. The average molecular weight is 286 g/mol. The molecule has 116 valence electrons. The number of carbonyl (C=O) groups excluding carboxylic acids is 1. The van der Waals surface area contributed by atoms with Crippen LogP contribution in [0.2, 0.25) is 0 Å². The Morgan fingerprint density at radius 2 is 2.00 bits per heavy atom. The summed E-state index contributed by atoms with van der Waals surface area (Å²) in [5, 5.41) is 14.3. The van der Waals surface area contributed by atoms with Gasteiger partial charge in [0, 0.05) is 26.7 Å². The predicted octanol–water partition coefficient (Wildman–Crippen LogP) is 1.75. The monoisotopic (exact) mass is 286 g/mol. The summed E-state index contributed by atoms with van der Waals surface area (Å²) in [6.07, 6.45) is 5.99. The van der Waals surface area contributed by atoms with Crippen molar-refractivity contribution in [2.75, 3.05) is 20.3 Å². The summed E-state index contributed by atoms with van der Waals surface area (Å²) in [5.41, 5.74) is 0.197. The van der Waals surface area contributed by atoms with Gasteiger partial charge in [-0.25, -0.2) is 9.59 Å². The lowest BCUT2D eigenvalue weighted by Crippen LogP contribution is -2.48. The molecule has 1 unspecified atom stereocenters. The van der Waals surface area contributed by atoms with Gasteiger partial charge in [0.1, 0.15) is 6.04 Å². The van der Waals surface area contributed by atoms with Crippen LogP contribution in [0.5, 0.6) is 0 Å². The summed E-state index contributed by atoms with van der Waals surface area (Å²) in [6.45, 7) is 3.06. The average Bonchev–Trinajstić information content (AvgIpc) is 2.90. The maximum atomic E-state index is 11.8. The third-order valence-corrected chi connectivity index (χ3v) is 4.25. The number of nitrogens with one attached hydrogen (secondary N) is 2. The summed E-state index contributed by atoms with van der Waals surface area (Å²) in [6, 6.07) is -1.32. The fourth-order valence-electron chi connectivity index (χ4n) is 2.75. The molecular weight excluding hydrogens is 260 g/mol. The second-order valence-electron chi connectivity index (χ2n) is 5.56. The van der Waals surface area contributed by atoms with Crippen LogP contribution in [0.15, 0.2) is 0 Å². The lowest BCUT2D eigenvalue weighted by molar-refractivity contribution is -0.139. The molecule has 6 heteroatoms. The van der Waals surface area contributed by atoms with Crippen LogP contribution in [0.3, 0.4) is 0 Å². The van der Waals surface area contributed by atoms with Crippen LogP contribution in [-0.4, -0.2) is 43.4 Å². The number of carboxylic acid groups (broad SMARTS) is 1. The molecule has 0 aromatic heterocycles. The molecule has 0 aromatic carbocycles. The Morgan fingerprint density at radius 3 is 2.50 bits per heavy atom. The highest BCUT2D eigenvalue weighted by Crippen LogP contribution is 2.40. The number of rotatable bonds is 8. The van der Waals surface area contributed by atoms with E-state index in [1.807, 2.05) is 0 Å². The van der Waals surface area contributed by atoms with Crippen molar-refractivity contribution in [2.24, 2.45) is 5.41 Å². The first-order chi connectivity index (χ1) is 9.53. The first-order valence-corrected chi connectivity index (χ1v) is 7.29. The number of carbonyl (C=O) groups is 2. The second-order valence-corrected chi connectivity index (χ2v) is 5.56. The maximum absolute atomic E-state index is 11.8. The van der Waals surface area contributed by atoms with Crippen molar-refractivity contribution in [3.05, 3.63) is 0 Å². The number of carboxylic acids is 1. The van der Waals surface area contributed by atoms with Crippen molar-refractivity contribution in [3.63, 3.8) is 0 Å². The minimum Gasteiger partial charge on any atom is -0.480 e. The zero-order valence-electron chi connectivity index (χ0n) is 12.4. The van der Waals surface area contributed by atoms with Gasteiger partial charge in [-0.2, -0.15) is 0 Å². The van der Waals surface area contributed by atoms with E-state index in [4.69, 9.17) is 9.84 Å². The highest BCUT2D eigenvalue weighted by molar-refractivity contribution is 5.82. The molecule has 0 saturated heterocycles. The van der Waals surface area contributed by atoms with E-state index in [0.29, 0.717) is 13.2 Å². The Kier molecular flexibility index (Phi) is 6.78. The van der Waals surface area contributed by atoms with E-state index in [-0.39, 0.29) is 11.8 Å². The largest absolute Gasteiger partial charge is 0.480 e. The van der Waals surface area contributed by atoms with Crippen molar-refractivity contribution in [1.29, 1.82) is 0 Å². The summed E-state index contributed by atoms with van der Waals surface area (Å²) >= 11 is 0. The van der Waals surface area contributed by atoms with Crippen LogP contribution < -0.4 is 10.6 Å². The fourth-order valence-corrected chi connectivity index (χ4v) is 2.75. The summed E-state index contributed by atoms with van der Waals surface area (Å²) in [7, 11) is 1.50. The topological polar surface area (TPSA) is 87.7 Å². The minimum absolute atomic E-state index is 0.197. The number of urea groups is 1. The van der Waals surface area contributed by atoms with E-state index in [9.17, 15) is 9.59 Å². The van der Waals surface area contributed by atoms with E-state index < -0.39 is 18.0 Å². The van der Waals surface area contributed by atoms with Gasteiger partial charge in [-0.05, 0) is 24.7 Å². The molecule has 2 amide bonds. The maximum Gasteiger partial charge on any atom is 0.326 e. The molecule has 0 aliphatic heterocycles. The molecule has 0 radical (unpaired) electrons. The van der Waals surface area contributed by atoms with Gasteiger partial charge in [0.05, 0.1) is 0 Å². The van der Waals surface area contributed by atoms with Gasteiger partial charge in [-0.1, -0.05) is 19.8 Å². The van der Waals surface area contributed by atoms with E-state index in [1.165, 1.54) is 20.0 Å². The van der Waals surface area contributed by atoms with E-state index in [1.54, 1.807) is 0 Å². The minimum atomic E-state index is -1.04. The Morgan fingerprint density at radius 1 is 1.35 bits per heavy atom. The number of hydrogen-bond donors (Lipinski definition) is 3. The molecule has 0 bridgehead atoms. The van der Waals surface area contributed by atoms with Crippen LogP contribution >= 0.6 is 0 Å². The highest BCUT2D eigenvalue weighted by atomic mass is 16.5. The zero-order chi connectivity index (χ0) is 15.0. The number of ether oxygens (including phenoxy) is 1. The lowest BCUT2D eigenvalue weighted by Gasteiger charge is -2.28. The molecule has 1 fully saturated rings. The van der Waals surface area contributed by atoms with Crippen molar-refractivity contribution in [3.8, 4) is 0 Å². The molecule has 3 N–H and O–H groups in total. The lowest BCUT2D eigenvalue weighted by atomic mass is 9.83. The van der Waals surface area contributed by atoms with E-state index in [2.05, 4.69) is 17.6 Å². The van der Waals surface area contributed by atoms with Gasteiger partial charge < -0.3 is 20.5 Å². The molecule has 0 heterocycles. The number of methoxy groups -OCH3 is 1. The Hall–Kier alpha value is -1.30. The molecule has 1 rings (SSSR count). The number of hydrogen-bond acceptors (Lipinski definition) is 3. The fraction of sp³-hybridized carbons (Fsp3) is 0.857. The molecule has 20 heavy (non-hydrogen) atoms. The van der Waals surface area contributed by atoms with Crippen LogP contribution in [0, 0.1) is 5.41 Å². The first kappa shape index (κ1) is 16.8. The Labute approximate surface area is 120 Å². The molecule has 0 aromatic rings. The smallest absolute Gasteiger partial charge is 0.326 e. The predicted molar refractivity (Wildman–Crippen MR) is 75.6 cm³/mol. The van der Waals surface area contributed by atoms with Gasteiger partial charge in [0.2, 0.25) is 0 Å². The van der Waals surface area contributed by atoms with Gasteiger partial charge in [0.15, 0.2) is 0 Å². The number of aliphatic carboxylic acids is 1. The van der Waals surface area contributed by atoms with Crippen LogP contribution in [-0.2, 0) is 9.53 Å². The summed E-state index contributed by atoms with van der Waals surface area (Å²) in [4.78, 5) is 22.8. The molecule has 1 aliphatic rings. The van der Waals surface area contributed by atoms with Gasteiger partial charge in [-0.3, -0.25) is 0 Å². The standard InChI is InChI=1S/C14H26N2O4/c1-3-14(7-4-5-8-14)10-15-13(19)16-11(12(17)18)6-9-20-2/h11H,3-10H2,1-2H3,(H,17,18)(H2,15,16,19). The molecule has 1 atom stereocenters. The first-order valence-electron chi connectivity index (χ1n) is 7.29. The second kappa shape index (κ2) is 8.09. The van der Waals surface area contributed by atoms with Gasteiger partial charge in [0.25, 0.3) is 0 Å². The summed E-state index contributed by atoms with van der Waals surface area (Å²) < 4.78 is 4.84. The molecule has 1 aliphatic carbocycles. The van der Waals surface area contributed by atoms with Crippen molar-refractivity contribution in [1.82, 2.24) is 10.6 Å². The van der Waals surface area contributed by atoms with Gasteiger partial charge >= 0.3 is 12.0 Å². The van der Waals surface area contributed by atoms with E-state index in [0.717, 1.165) is 19.3 Å². The molecule has 1 saturated carbocycles. The molecule has 6 nitrogen and oxygen atoms in total. The van der Waals surface area contributed by atoms with Crippen LogP contribution in [0.1, 0.15) is 45.4 Å². The highest BCUT2D eigenvalue weighted by Gasteiger charge is 2.32. The van der Waals surface area contributed by atoms with E-state index >= 15 is 0 Å². The van der Waals surface area contributed by atoms with Crippen LogP contribution in [0.4, 0.5) is 4.79 Å². The normalized spacial score (nSPS) is 18.5. The third-order valence-electron chi connectivity index (χ3n) is 4.25. The quantitative estimate of drug-likeness (QED) is 0.634. The Balaban J connectivity index is 2.39. The molecule has 0 spiro atoms. The van der Waals surface area contributed by atoms with Gasteiger partial charge in [-0.15, -0.1) is 0 Å². The molecular formula is C14H26N2O4.